The molecule has 0 spiro atoms. The zero-order valence-electron chi connectivity index (χ0n) is 12.8. The number of fused-ring (bicyclic) bond motifs is 1. The third kappa shape index (κ3) is 3.22. The number of nitrogens with one attached hydrogen (secondary N) is 1. The summed E-state index contributed by atoms with van der Waals surface area (Å²) in [5.41, 5.74) is 1.19. The van der Waals surface area contributed by atoms with Crippen molar-refractivity contribution in [3.63, 3.8) is 0 Å². The summed E-state index contributed by atoms with van der Waals surface area (Å²) in [7, 11) is 0. The molecule has 1 aromatic heterocycles. The number of anilines is 1. The van der Waals surface area contributed by atoms with Crippen molar-refractivity contribution >= 4 is 5.82 Å². The van der Waals surface area contributed by atoms with Crippen molar-refractivity contribution in [2.24, 2.45) is 0 Å². The summed E-state index contributed by atoms with van der Waals surface area (Å²) >= 11 is 0. The first-order chi connectivity index (χ1) is 10.4. The van der Waals surface area contributed by atoms with Gasteiger partial charge in [-0.25, -0.2) is 4.98 Å². The van der Waals surface area contributed by atoms with Gasteiger partial charge in [-0.15, -0.1) is 0 Å². The molecule has 21 heavy (non-hydrogen) atoms. The lowest BCUT2D eigenvalue weighted by Crippen LogP contribution is -2.37. The highest BCUT2D eigenvalue weighted by Gasteiger charge is 2.29. The predicted octanol–water partition coefficient (Wildman–Crippen LogP) is 2.01. The maximum absolute atomic E-state index is 4.90. The van der Waals surface area contributed by atoms with Crippen LogP contribution in [0.1, 0.15) is 37.8 Å². The molecular weight excluding hydrogens is 260 g/mol. The molecule has 2 saturated heterocycles. The minimum Gasteiger partial charge on any atom is -0.355 e. The summed E-state index contributed by atoms with van der Waals surface area (Å²) in [4.78, 5) is 10.1. The summed E-state index contributed by atoms with van der Waals surface area (Å²) in [6, 6.07) is 8.01. The third-order valence-electron chi connectivity index (χ3n) is 5.07. The monoisotopic (exact) mass is 286 g/mol. The fourth-order valence-corrected chi connectivity index (χ4v) is 3.69. The Morgan fingerprint density at radius 1 is 1.10 bits per heavy atom. The molecule has 0 aromatic carbocycles. The molecule has 1 N–H and O–H groups in total. The van der Waals surface area contributed by atoms with Gasteiger partial charge in [0, 0.05) is 38.3 Å². The lowest BCUT2D eigenvalue weighted by Gasteiger charge is -2.26. The molecule has 0 amide bonds. The molecule has 1 saturated carbocycles. The van der Waals surface area contributed by atoms with Gasteiger partial charge in [-0.2, -0.15) is 0 Å². The number of pyridine rings is 1. The Kier molecular flexibility index (Phi) is 3.82. The fourth-order valence-electron chi connectivity index (χ4n) is 3.69. The second-order valence-electron chi connectivity index (χ2n) is 6.77. The number of rotatable bonds is 4. The second kappa shape index (κ2) is 5.93. The summed E-state index contributed by atoms with van der Waals surface area (Å²) < 4.78 is 0. The number of aromatic nitrogens is 1. The molecule has 1 atom stereocenters. The number of hydrogen-bond acceptors (Lipinski definition) is 4. The SMILES string of the molecule is c1cc(CNC2CC2)nc(N2CCCN3CCCC3C2)c1. The third-order valence-corrected chi connectivity index (χ3v) is 5.07. The van der Waals surface area contributed by atoms with Crippen LogP contribution >= 0.6 is 0 Å². The van der Waals surface area contributed by atoms with Gasteiger partial charge in [0.1, 0.15) is 5.82 Å². The minimum atomic E-state index is 0.751. The van der Waals surface area contributed by atoms with Crippen molar-refractivity contribution in [1.29, 1.82) is 0 Å². The van der Waals surface area contributed by atoms with E-state index >= 15 is 0 Å². The standard InChI is InChI=1S/C17H26N4/c1-4-15(12-18-14-7-8-14)19-17(6-1)21-11-3-10-20-9-2-5-16(20)13-21/h1,4,6,14,16,18H,2-3,5,7-13H2. The van der Waals surface area contributed by atoms with Crippen LogP contribution in [0.25, 0.3) is 0 Å². The van der Waals surface area contributed by atoms with E-state index < -0.39 is 0 Å². The molecule has 4 heteroatoms. The van der Waals surface area contributed by atoms with Gasteiger partial charge in [0.25, 0.3) is 0 Å². The number of nitrogens with zero attached hydrogens (tertiary/aromatic N) is 3. The van der Waals surface area contributed by atoms with Gasteiger partial charge in [-0.05, 0) is 50.8 Å². The quantitative estimate of drug-likeness (QED) is 0.917. The summed E-state index contributed by atoms with van der Waals surface area (Å²) in [6.45, 7) is 5.80. The van der Waals surface area contributed by atoms with Crippen LogP contribution in [-0.2, 0) is 6.54 Å². The number of hydrogen-bond donors (Lipinski definition) is 1. The Labute approximate surface area is 127 Å². The van der Waals surface area contributed by atoms with E-state index in [1.165, 1.54) is 56.7 Å². The topological polar surface area (TPSA) is 31.4 Å². The molecule has 4 rings (SSSR count). The first kappa shape index (κ1) is 13.5. The Hall–Kier alpha value is -1.13. The van der Waals surface area contributed by atoms with Crippen molar-refractivity contribution in [2.45, 2.75) is 50.7 Å². The van der Waals surface area contributed by atoms with E-state index in [2.05, 4.69) is 33.3 Å². The van der Waals surface area contributed by atoms with Crippen LogP contribution in [0.3, 0.4) is 0 Å². The van der Waals surface area contributed by atoms with E-state index in [4.69, 9.17) is 4.98 Å². The van der Waals surface area contributed by atoms with Crippen molar-refractivity contribution in [3.05, 3.63) is 23.9 Å². The van der Waals surface area contributed by atoms with Crippen molar-refractivity contribution in [2.75, 3.05) is 31.1 Å². The van der Waals surface area contributed by atoms with Gasteiger partial charge in [-0.1, -0.05) is 6.07 Å². The first-order valence-electron chi connectivity index (χ1n) is 8.57. The first-order valence-corrected chi connectivity index (χ1v) is 8.57. The van der Waals surface area contributed by atoms with Gasteiger partial charge in [0.05, 0.1) is 5.69 Å². The highest BCUT2D eigenvalue weighted by Crippen LogP contribution is 2.24. The lowest BCUT2D eigenvalue weighted by molar-refractivity contribution is 0.273. The van der Waals surface area contributed by atoms with Crippen molar-refractivity contribution in [1.82, 2.24) is 15.2 Å². The van der Waals surface area contributed by atoms with Crippen LogP contribution < -0.4 is 10.2 Å². The second-order valence-corrected chi connectivity index (χ2v) is 6.77. The zero-order chi connectivity index (χ0) is 14.1. The average molecular weight is 286 g/mol. The van der Waals surface area contributed by atoms with E-state index in [0.717, 1.165) is 31.7 Å². The maximum atomic E-state index is 4.90. The van der Waals surface area contributed by atoms with E-state index in [1.54, 1.807) is 0 Å². The minimum absolute atomic E-state index is 0.751. The van der Waals surface area contributed by atoms with E-state index in [1.807, 2.05) is 0 Å². The summed E-state index contributed by atoms with van der Waals surface area (Å²) in [5, 5.41) is 3.56. The molecule has 0 bridgehead atoms. The predicted molar refractivity (Wildman–Crippen MR) is 85.5 cm³/mol. The highest BCUT2D eigenvalue weighted by atomic mass is 15.3. The van der Waals surface area contributed by atoms with Gasteiger partial charge in [-0.3, -0.25) is 4.90 Å². The molecule has 1 aliphatic carbocycles. The zero-order valence-corrected chi connectivity index (χ0v) is 12.8. The Morgan fingerprint density at radius 3 is 2.90 bits per heavy atom. The van der Waals surface area contributed by atoms with Crippen LogP contribution in [0.4, 0.5) is 5.82 Å². The lowest BCUT2D eigenvalue weighted by atomic mass is 10.2. The molecule has 0 radical (unpaired) electrons. The highest BCUT2D eigenvalue weighted by molar-refractivity contribution is 5.40. The average Bonchev–Trinajstić information content (AvgIpc) is 3.28. The Morgan fingerprint density at radius 2 is 2.00 bits per heavy atom. The summed E-state index contributed by atoms with van der Waals surface area (Å²) in [6.07, 6.45) is 6.67. The largest absolute Gasteiger partial charge is 0.355 e. The molecular formula is C17H26N4. The van der Waals surface area contributed by atoms with E-state index in [9.17, 15) is 0 Å². The van der Waals surface area contributed by atoms with Crippen LogP contribution in [0, 0.1) is 0 Å². The van der Waals surface area contributed by atoms with Crippen LogP contribution in [0.2, 0.25) is 0 Å². The molecule has 4 nitrogen and oxygen atoms in total. The van der Waals surface area contributed by atoms with E-state index in [0.29, 0.717) is 0 Å². The van der Waals surface area contributed by atoms with E-state index in [-0.39, 0.29) is 0 Å². The fraction of sp³-hybridized carbons (Fsp3) is 0.706. The molecule has 3 aliphatic rings. The normalized spacial score (nSPS) is 26.7. The van der Waals surface area contributed by atoms with Gasteiger partial charge >= 0.3 is 0 Å². The maximum Gasteiger partial charge on any atom is 0.128 e. The molecule has 3 fully saturated rings. The molecule has 2 aliphatic heterocycles. The Balaban J connectivity index is 1.45. The van der Waals surface area contributed by atoms with Crippen LogP contribution in [-0.4, -0.2) is 48.1 Å². The van der Waals surface area contributed by atoms with Gasteiger partial charge in [0.2, 0.25) is 0 Å². The smallest absolute Gasteiger partial charge is 0.128 e. The van der Waals surface area contributed by atoms with Crippen LogP contribution in [0.15, 0.2) is 18.2 Å². The van der Waals surface area contributed by atoms with Crippen molar-refractivity contribution in [3.8, 4) is 0 Å². The molecule has 1 unspecified atom stereocenters. The van der Waals surface area contributed by atoms with Crippen molar-refractivity contribution < 1.29 is 0 Å². The Bertz CT molecular complexity index is 485. The van der Waals surface area contributed by atoms with Crippen LogP contribution in [0.5, 0.6) is 0 Å². The molecule has 1 aromatic rings. The van der Waals surface area contributed by atoms with Gasteiger partial charge < -0.3 is 10.2 Å². The molecule has 114 valence electrons. The summed E-state index contributed by atoms with van der Waals surface area (Å²) in [5.74, 6) is 1.18. The molecule has 3 heterocycles. The van der Waals surface area contributed by atoms with Gasteiger partial charge in [0.15, 0.2) is 0 Å².